The normalized spacial score (nSPS) is 21.4. The molecule has 2 aliphatic rings. The van der Waals surface area contributed by atoms with E-state index in [1.54, 1.807) is 13.2 Å². The van der Waals surface area contributed by atoms with Crippen molar-refractivity contribution in [2.24, 2.45) is 5.73 Å². The summed E-state index contributed by atoms with van der Waals surface area (Å²) in [5.41, 5.74) is 12.4. The van der Waals surface area contributed by atoms with E-state index in [0.717, 1.165) is 30.0 Å². The van der Waals surface area contributed by atoms with E-state index in [1.165, 1.54) is 19.2 Å². The largest absolute Gasteiger partial charge is 0.481 e. The molecule has 0 radical (unpaired) electrons. The summed E-state index contributed by atoms with van der Waals surface area (Å²) in [6.45, 7) is 4.42. The second-order valence-electron chi connectivity index (χ2n) is 6.92. The Hall–Kier alpha value is -2.10. The Morgan fingerprint density at radius 1 is 1.21 bits per heavy atom. The number of nitrogens with two attached hydrogens (primary N) is 2. The van der Waals surface area contributed by atoms with E-state index in [1.807, 2.05) is 17.8 Å². The first kappa shape index (κ1) is 21.6. The van der Waals surface area contributed by atoms with Gasteiger partial charge < -0.3 is 25.8 Å². The molecule has 8 nitrogen and oxygen atoms in total. The predicted molar refractivity (Wildman–Crippen MR) is 118 cm³/mol. The van der Waals surface area contributed by atoms with Crippen molar-refractivity contribution in [3.8, 4) is 17.3 Å². The molecule has 0 saturated carbocycles. The van der Waals surface area contributed by atoms with E-state index in [9.17, 15) is 0 Å². The maximum atomic E-state index is 5.96. The molecule has 2 aliphatic heterocycles. The minimum atomic E-state index is 0.280. The van der Waals surface area contributed by atoms with Crippen LogP contribution < -0.4 is 21.1 Å². The van der Waals surface area contributed by atoms with Gasteiger partial charge in [0.1, 0.15) is 11.6 Å². The number of hydrogen-bond acceptors (Lipinski definition) is 9. The summed E-state index contributed by atoms with van der Waals surface area (Å²) in [7, 11) is 3.08. The number of morpholine rings is 1. The van der Waals surface area contributed by atoms with E-state index in [-0.39, 0.29) is 6.04 Å². The molecule has 4 N–H and O–H groups in total. The maximum Gasteiger partial charge on any atom is 0.215 e. The summed E-state index contributed by atoms with van der Waals surface area (Å²) >= 11 is 1.97. The average molecular weight is 419 g/mol. The van der Waals surface area contributed by atoms with Crippen molar-refractivity contribution in [2.75, 3.05) is 50.3 Å². The van der Waals surface area contributed by atoms with Crippen LogP contribution >= 0.6 is 11.8 Å². The molecule has 0 spiro atoms. The number of methoxy groups -OCH3 is 1. The smallest absolute Gasteiger partial charge is 0.215 e. The van der Waals surface area contributed by atoms with Crippen LogP contribution in [0.1, 0.15) is 30.7 Å². The minimum Gasteiger partial charge on any atom is -0.481 e. The Morgan fingerprint density at radius 3 is 2.72 bits per heavy atom. The summed E-state index contributed by atoms with van der Waals surface area (Å²) < 4.78 is 10.9. The zero-order chi connectivity index (χ0) is 20.8. The molecular weight excluding hydrogens is 388 g/mol. The van der Waals surface area contributed by atoms with Gasteiger partial charge in [0.05, 0.1) is 32.1 Å². The summed E-state index contributed by atoms with van der Waals surface area (Å²) in [6.07, 6.45) is 2.38. The molecule has 4 rings (SSSR count). The van der Waals surface area contributed by atoms with Gasteiger partial charge in [0.2, 0.25) is 5.88 Å². The van der Waals surface area contributed by atoms with Crippen LogP contribution in [0.5, 0.6) is 5.88 Å². The number of hydrogen-bond donors (Lipinski definition) is 2. The molecule has 4 heterocycles. The lowest BCUT2D eigenvalue weighted by atomic mass is 10.1. The van der Waals surface area contributed by atoms with Gasteiger partial charge in [-0.1, -0.05) is 0 Å². The maximum absolute atomic E-state index is 5.96. The zero-order valence-electron chi connectivity index (χ0n) is 17.3. The number of pyridine rings is 1. The number of nitrogen functional groups attached to an aromatic ring is 1. The van der Waals surface area contributed by atoms with Crippen LogP contribution in [0.25, 0.3) is 11.4 Å². The van der Waals surface area contributed by atoms with E-state index < -0.39 is 0 Å². The number of aromatic nitrogens is 3. The molecule has 2 aromatic heterocycles. The molecule has 2 atom stereocenters. The van der Waals surface area contributed by atoms with Crippen molar-refractivity contribution in [3.05, 3.63) is 23.9 Å². The molecular formula is C20H30N6O2S. The first-order chi connectivity index (χ1) is 14.1. The third-order valence-electron chi connectivity index (χ3n) is 4.94. The van der Waals surface area contributed by atoms with Gasteiger partial charge in [0, 0.05) is 29.5 Å². The highest BCUT2D eigenvalue weighted by atomic mass is 32.2. The Kier molecular flexibility index (Phi) is 7.51. The molecule has 0 amide bonds. The number of rotatable bonds is 4. The van der Waals surface area contributed by atoms with Crippen molar-refractivity contribution in [2.45, 2.75) is 31.1 Å². The zero-order valence-corrected chi connectivity index (χ0v) is 18.1. The second-order valence-corrected chi connectivity index (χ2v) is 8.23. The molecule has 9 heteroatoms. The van der Waals surface area contributed by atoms with Crippen LogP contribution in [-0.2, 0) is 4.74 Å². The van der Waals surface area contributed by atoms with Gasteiger partial charge >= 0.3 is 0 Å². The molecule has 0 bridgehead atoms. The van der Waals surface area contributed by atoms with Gasteiger partial charge in [-0.3, -0.25) is 0 Å². The van der Waals surface area contributed by atoms with Gasteiger partial charge in [-0.15, -0.1) is 0 Å². The van der Waals surface area contributed by atoms with E-state index in [0.29, 0.717) is 36.0 Å². The molecule has 158 valence electrons. The van der Waals surface area contributed by atoms with Gasteiger partial charge in [0.25, 0.3) is 0 Å². The second kappa shape index (κ2) is 10.1. The van der Waals surface area contributed by atoms with Crippen molar-refractivity contribution in [1.82, 2.24) is 15.0 Å². The van der Waals surface area contributed by atoms with Crippen LogP contribution in [0.2, 0.25) is 0 Å². The molecule has 0 aliphatic carbocycles. The fourth-order valence-corrected chi connectivity index (χ4v) is 4.77. The molecule has 2 aromatic rings. The Bertz CT molecular complexity index is 816. The third kappa shape index (κ3) is 5.09. The van der Waals surface area contributed by atoms with Crippen molar-refractivity contribution >= 4 is 23.4 Å². The standard InChI is InChI=1S/C19H25N5O2S.CH5N/c1-12-11-26-6-5-24(12)17-10-14(15-4-3-7-27-15)21-19(23-17)13-8-16(20)22-18(9-13)25-2;1-2/h8-10,12,15H,3-7,11H2,1-2H3,(H2,20,22);2H2,1H3. The predicted octanol–water partition coefficient (Wildman–Crippen LogP) is 2.50. The lowest BCUT2D eigenvalue weighted by Crippen LogP contribution is -2.44. The topological polar surface area (TPSA) is 112 Å². The van der Waals surface area contributed by atoms with Gasteiger partial charge in [-0.05, 0) is 38.6 Å². The molecule has 0 aromatic carbocycles. The molecule has 2 unspecified atom stereocenters. The third-order valence-corrected chi connectivity index (χ3v) is 6.35. The van der Waals surface area contributed by atoms with Crippen LogP contribution in [0.4, 0.5) is 11.6 Å². The SMILES string of the molecule is CN.COc1cc(-c2nc(C3CCCS3)cc(N3CCOCC3C)n2)cc(N)n1. The number of anilines is 2. The van der Waals surface area contributed by atoms with Crippen molar-refractivity contribution in [1.29, 1.82) is 0 Å². The van der Waals surface area contributed by atoms with Gasteiger partial charge in [-0.25, -0.2) is 9.97 Å². The quantitative estimate of drug-likeness (QED) is 0.773. The number of ether oxygens (including phenoxy) is 2. The summed E-state index contributed by atoms with van der Waals surface area (Å²) in [5, 5.41) is 0.419. The number of nitrogens with zero attached hydrogens (tertiary/aromatic N) is 4. The van der Waals surface area contributed by atoms with Gasteiger partial charge in [-0.2, -0.15) is 16.7 Å². The fraction of sp³-hybridized carbons (Fsp3) is 0.550. The molecule has 29 heavy (non-hydrogen) atoms. The summed E-state index contributed by atoms with van der Waals surface area (Å²) in [6, 6.07) is 6.07. The van der Waals surface area contributed by atoms with Crippen molar-refractivity contribution in [3.63, 3.8) is 0 Å². The van der Waals surface area contributed by atoms with Crippen LogP contribution in [0.3, 0.4) is 0 Å². The lowest BCUT2D eigenvalue weighted by Gasteiger charge is -2.34. The van der Waals surface area contributed by atoms with E-state index >= 15 is 0 Å². The first-order valence-electron chi connectivity index (χ1n) is 9.88. The molecule has 2 fully saturated rings. The van der Waals surface area contributed by atoms with Gasteiger partial charge in [0.15, 0.2) is 5.82 Å². The summed E-state index contributed by atoms with van der Waals surface area (Å²) in [5.74, 6) is 3.67. The minimum absolute atomic E-state index is 0.280. The Balaban J connectivity index is 0.00000117. The van der Waals surface area contributed by atoms with Crippen molar-refractivity contribution < 1.29 is 9.47 Å². The first-order valence-corrected chi connectivity index (χ1v) is 10.9. The monoisotopic (exact) mass is 418 g/mol. The lowest BCUT2D eigenvalue weighted by molar-refractivity contribution is 0.0985. The highest BCUT2D eigenvalue weighted by molar-refractivity contribution is 7.99. The van der Waals surface area contributed by atoms with E-state index in [4.69, 9.17) is 25.2 Å². The highest BCUT2D eigenvalue weighted by Gasteiger charge is 2.25. The van der Waals surface area contributed by atoms with Crippen LogP contribution in [0, 0.1) is 0 Å². The van der Waals surface area contributed by atoms with E-state index in [2.05, 4.69) is 28.6 Å². The molecule has 2 saturated heterocycles. The highest BCUT2D eigenvalue weighted by Crippen LogP contribution is 2.40. The van der Waals surface area contributed by atoms with Crippen LogP contribution in [0.15, 0.2) is 18.2 Å². The number of thioether (sulfide) groups is 1. The average Bonchev–Trinajstić information content (AvgIpc) is 3.30. The van der Waals surface area contributed by atoms with Crippen LogP contribution in [-0.4, -0.2) is 60.7 Å². The fourth-order valence-electron chi connectivity index (χ4n) is 3.53. The Morgan fingerprint density at radius 2 is 2.03 bits per heavy atom. The Labute approximate surface area is 176 Å². The summed E-state index contributed by atoms with van der Waals surface area (Å²) in [4.78, 5) is 16.2.